The Bertz CT molecular complexity index is 891. The summed E-state index contributed by atoms with van der Waals surface area (Å²) >= 11 is 0. The van der Waals surface area contributed by atoms with Crippen LogP contribution in [0.5, 0.6) is 0 Å². The average Bonchev–Trinajstić information content (AvgIpc) is 3.30. The van der Waals surface area contributed by atoms with Crippen LogP contribution in [0.1, 0.15) is 23.3 Å². The summed E-state index contributed by atoms with van der Waals surface area (Å²) in [5.41, 5.74) is -0.154. The molecule has 0 aromatic carbocycles. The van der Waals surface area contributed by atoms with Crippen molar-refractivity contribution in [2.45, 2.75) is 18.4 Å². The van der Waals surface area contributed by atoms with Crippen molar-refractivity contribution in [2.24, 2.45) is 0 Å². The molecule has 3 aromatic heterocycles. The first-order valence-electron chi connectivity index (χ1n) is 7.92. The normalized spacial score (nSPS) is 16.9. The first-order valence-corrected chi connectivity index (χ1v) is 7.92. The van der Waals surface area contributed by atoms with Crippen LogP contribution in [0, 0.1) is 0 Å². The highest BCUT2D eigenvalue weighted by atomic mass is 16.4. The lowest BCUT2D eigenvalue weighted by atomic mass is 9.87. The van der Waals surface area contributed by atoms with Gasteiger partial charge in [0.2, 0.25) is 0 Å². The minimum Gasteiger partial charge on any atom is -0.479 e. The molecule has 0 atom stereocenters. The van der Waals surface area contributed by atoms with Crippen LogP contribution in [0.3, 0.4) is 0 Å². The second-order valence-corrected chi connectivity index (χ2v) is 6.05. The summed E-state index contributed by atoms with van der Waals surface area (Å²) in [6, 6.07) is 3.37. The first-order chi connectivity index (χ1) is 12.1. The second-order valence-electron chi connectivity index (χ2n) is 6.05. The molecule has 1 aliphatic rings. The molecular formula is C16H16N6O3. The number of aromatic nitrogens is 5. The fourth-order valence-electron chi connectivity index (χ4n) is 3.27. The molecule has 0 saturated carbocycles. The van der Waals surface area contributed by atoms with Crippen LogP contribution >= 0.6 is 0 Å². The van der Waals surface area contributed by atoms with E-state index >= 15 is 0 Å². The highest BCUT2D eigenvalue weighted by molar-refractivity contribution is 5.93. The van der Waals surface area contributed by atoms with Crippen molar-refractivity contribution >= 4 is 17.5 Å². The molecule has 1 saturated heterocycles. The fourth-order valence-corrected chi connectivity index (χ4v) is 3.27. The molecule has 0 aliphatic carbocycles. The number of likely N-dealkylation sites (tertiary alicyclic amines) is 1. The molecule has 3 aromatic rings. The topological polar surface area (TPSA) is 106 Å². The van der Waals surface area contributed by atoms with E-state index in [2.05, 4.69) is 15.1 Å². The number of aliphatic carboxylic acids is 1. The standard InChI is InChI=1S/C16H16N6O3/c23-14(12-10-13-18-4-1-6-22(13)19-12)20-7-2-16(3-8-20,15(24)25)21-9-5-17-11-21/h1,4-6,9-11H,2-3,7-8H2,(H,24,25). The zero-order valence-electron chi connectivity index (χ0n) is 13.3. The van der Waals surface area contributed by atoms with Gasteiger partial charge in [-0.15, -0.1) is 0 Å². The number of carboxylic acid groups (broad SMARTS) is 1. The molecule has 0 radical (unpaired) electrons. The van der Waals surface area contributed by atoms with Gasteiger partial charge < -0.3 is 14.6 Å². The lowest BCUT2D eigenvalue weighted by Gasteiger charge is -2.39. The number of carboxylic acids is 1. The van der Waals surface area contributed by atoms with Gasteiger partial charge in [0.25, 0.3) is 5.91 Å². The van der Waals surface area contributed by atoms with Crippen LogP contribution in [0.2, 0.25) is 0 Å². The third-order valence-corrected chi connectivity index (χ3v) is 4.73. The van der Waals surface area contributed by atoms with Crippen molar-refractivity contribution in [1.82, 2.24) is 29.0 Å². The van der Waals surface area contributed by atoms with E-state index in [9.17, 15) is 14.7 Å². The number of hydrogen-bond donors (Lipinski definition) is 1. The molecule has 4 rings (SSSR count). The number of carbonyl (C=O) groups is 2. The van der Waals surface area contributed by atoms with Crippen molar-refractivity contribution in [3.05, 3.63) is 48.9 Å². The van der Waals surface area contributed by atoms with E-state index < -0.39 is 11.5 Å². The largest absolute Gasteiger partial charge is 0.479 e. The average molecular weight is 340 g/mol. The van der Waals surface area contributed by atoms with Gasteiger partial charge in [0.05, 0.1) is 6.33 Å². The number of amides is 1. The smallest absolute Gasteiger partial charge is 0.330 e. The highest BCUT2D eigenvalue weighted by Gasteiger charge is 2.44. The third-order valence-electron chi connectivity index (χ3n) is 4.73. The monoisotopic (exact) mass is 340 g/mol. The predicted octanol–water partition coefficient (Wildman–Crippen LogP) is 0.642. The van der Waals surface area contributed by atoms with Gasteiger partial charge in [-0.2, -0.15) is 5.10 Å². The van der Waals surface area contributed by atoms with E-state index in [-0.39, 0.29) is 5.91 Å². The Balaban J connectivity index is 1.54. The molecular weight excluding hydrogens is 324 g/mol. The highest BCUT2D eigenvalue weighted by Crippen LogP contribution is 2.31. The van der Waals surface area contributed by atoms with Crippen LogP contribution in [0.15, 0.2) is 43.2 Å². The van der Waals surface area contributed by atoms with E-state index in [1.54, 1.807) is 50.9 Å². The maximum absolute atomic E-state index is 12.7. The van der Waals surface area contributed by atoms with Gasteiger partial charge in [0.1, 0.15) is 5.54 Å². The molecule has 1 amide bonds. The molecule has 1 N–H and O–H groups in total. The lowest BCUT2D eigenvalue weighted by Crippen LogP contribution is -2.52. The summed E-state index contributed by atoms with van der Waals surface area (Å²) in [5.74, 6) is -1.12. The van der Waals surface area contributed by atoms with Gasteiger partial charge in [-0.3, -0.25) is 4.79 Å². The Morgan fingerprint density at radius 3 is 2.60 bits per heavy atom. The first kappa shape index (κ1) is 15.3. The van der Waals surface area contributed by atoms with Crippen molar-refractivity contribution in [1.29, 1.82) is 0 Å². The van der Waals surface area contributed by atoms with Gasteiger partial charge in [-0.25, -0.2) is 19.3 Å². The molecule has 9 heteroatoms. The van der Waals surface area contributed by atoms with Crippen LogP contribution in [-0.4, -0.2) is 59.1 Å². The molecule has 1 fully saturated rings. The molecule has 25 heavy (non-hydrogen) atoms. The van der Waals surface area contributed by atoms with E-state index in [1.165, 1.54) is 6.33 Å². The third kappa shape index (κ3) is 2.44. The summed E-state index contributed by atoms with van der Waals surface area (Å²) < 4.78 is 3.16. The molecule has 0 bridgehead atoms. The van der Waals surface area contributed by atoms with E-state index in [0.717, 1.165) is 0 Å². The number of piperidine rings is 1. The van der Waals surface area contributed by atoms with E-state index in [4.69, 9.17) is 0 Å². The van der Waals surface area contributed by atoms with Crippen LogP contribution in [-0.2, 0) is 10.3 Å². The zero-order valence-corrected chi connectivity index (χ0v) is 13.3. The lowest BCUT2D eigenvalue weighted by molar-refractivity contribution is -0.150. The fraction of sp³-hybridized carbons (Fsp3) is 0.312. The van der Waals surface area contributed by atoms with Crippen molar-refractivity contribution in [2.75, 3.05) is 13.1 Å². The molecule has 4 heterocycles. The van der Waals surface area contributed by atoms with Gasteiger partial charge in [0.15, 0.2) is 11.3 Å². The Labute approximate surface area is 142 Å². The number of fused-ring (bicyclic) bond motifs is 1. The SMILES string of the molecule is O=C(c1cc2ncccn2n1)N1CCC(C(=O)O)(n2ccnc2)CC1. The van der Waals surface area contributed by atoms with Crippen molar-refractivity contribution in [3.63, 3.8) is 0 Å². The van der Waals surface area contributed by atoms with Crippen LogP contribution < -0.4 is 0 Å². The Hall–Kier alpha value is -3.23. The number of imidazole rings is 1. The van der Waals surface area contributed by atoms with Gasteiger partial charge >= 0.3 is 5.97 Å². The molecule has 9 nitrogen and oxygen atoms in total. The number of nitrogens with zero attached hydrogens (tertiary/aromatic N) is 6. The van der Waals surface area contributed by atoms with Gasteiger partial charge in [-0.1, -0.05) is 0 Å². The maximum atomic E-state index is 12.7. The van der Waals surface area contributed by atoms with E-state index in [0.29, 0.717) is 37.3 Å². The molecule has 0 unspecified atom stereocenters. The van der Waals surface area contributed by atoms with Gasteiger partial charge in [-0.05, 0) is 18.9 Å². The van der Waals surface area contributed by atoms with Gasteiger partial charge in [0, 0.05) is 43.9 Å². The molecule has 1 aliphatic heterocycles. The molecule has 128 valence electrons. The quantitative estimate of drug-likeness (QED) is 0.750. The maximum Gasteiger partial charge on any atom is 0.330 e. The van der Waals surface area contributed by atoms with Crippen LogP contribution in [0.25, 0.3) is 5.65 Å². The number of rotatable bonds is 3. The summed E-state index contributed by atoms with van der Waals surface area (Å²) in [5, 5.41) is 14.0. The Morgan fingerprint density at radius 1 is 1.16 bits per heavy atom. The number of hydrogen-bond acceptors (Lipinski definition) is 5. The number of carbonyl (C=O) groups excluding carboxylic acids is 1. The Morgan fingerprint density at radius 2 is 1.96 bits per heavy atom. The van der Waals surface area contributed by atoms with E-state index in [1.807, 2.05) is 0 Å². The summed E-state index contributed by atoms with van der Waals surface area (Å²) in [6.07, 6.45) is 8.72. The Kier molecular flexibility index (Phi) is 3.48. The molecule has 0 spiro atoms. The van der Waals surface area contributed by atoms with Crippen molar-refractivity contribution < 1.29 is 14.7 Å². The van der Waals surface area contributed by atoms with Crippen molar-refractivity contribution in [3.8, 4) is 0 Å². The second kappa shape index (κ2) is 5.69. The minimum atomic E-state index is -1.06. The summed E-state index contributed by atoms with van der Waals surface area (Å²) in [4.78, 5) is 34.3. The van der Waals surface area contributed by atoms with Crippen LogP contribution in [0.4, 0.5) is 0 Å². The summed E-state index contributed by atoms with van der Waals surface area (Å²) in [6.45, 7) is 0.676. The zero-order chi connectivity index (χ0) is 17.4. The minimum absolute atomic E-state index is 0.213. The summed E-state index contributed by atoms with van der Waals surface area (Å²) in [7, 11) is 0. The predicted molar refractivity (Wildman–Crippen MR) is 86.0 cm³/mol.